The van der Waals surface area contributed by atoms with Gasteiger partial charge in [0.15, 0.2) is 0 Å². The van der Waals surface area contributed by atoms with Crippen molar-refractivity contribution >= 4 is 5.97 Å². The van der Waals surface area contributed by atoms with Gasteiger partial charge in [0.25, 0.3) is 0 Å². The monoisotopic (exact) mass is 233 g/mol. The molecular formula is C10H10F3NO2. The second-order valence-corrected chi connectivity index (χ2v) is 3.11. The Bertz CT molecular complexity index is 402. The predicted molar refractivity (Wildman–Crippen MR) is 50.7 cm³/mol. The van der Waals surface area contributed by atoms with Crippen LogP contribution in [0.4, 0.5) is 13.2 Å². The molecule has 0 aliphatic carbocycles. The van der Waals surface area contributed by atoms with Gasteiger partial charge in [-0.1, -0.05) is 0 Å². The molecule has 0 aromatic heterocycles. The second-order valence-electron chi connectivity index (χ2n) is 3.11. The molecule has 0 radical (unpaired) electrons. The Labute approximate surface area is 90.0 Å². The van der Waals surface area contributed by atoms with Crippen molar-refractivity contribution in [3.8, 4) is 0 Å². The van der Waals surface area contributed by atoms with Crippen molar-refractivity contribution < 1.29 is 22.7 Å². The van der Waals surface area contributed by atoms with Crippen molar-refractivity contribution in [2.24, 2.45) is 5.73 Å². The number of carbonyl (C=O) groups excluding carboxylic acids is 1. The van der Waals surface area contributed by atoms with Gasteiger partial charge in [0.05, 0.1) is 18.2 Å². The Hall–Kier alpha value is -1.56. The third kappa shape index (κ3) is 2.73. The molecule has 1 aromatic carbocycles. The molecule has 0 fully saturated rings. The van der Waals surface area contributed by atoms with Crippen LogP contribution in [-0.2, 0) is 17.5 Å². The summed E-state index contributed by atoms with van der Waals surface area (Å²) in [5.74, 6) is -0.819. The normalized spacial score (nSPS) is 11.3. The number of methoxy groups -OCH3 is 1. The summed E-state index contributed by atoms with van der Waals surface area (Å²) in [4.78, 5) is 11.1. The number of hydrogen-bond acceptors (Lipinski definition) is 3. The number of carbonyl (C=O) groups is 1. The van der Waals surface area contributed by atoms with Gasteiger partial charge in [0.2, 0.25) is 0 Å². The Morgan fingerprint density at radius 1 is 1.38 bits per heavy atom. The first-order chi connectivity index (χ1) is 7.38. The van der Waals surface area contributed by atoms with Crippen LogP contribution in [0.3, 0.4) is 0 Å². The van der Waals surface area contributed by atoms with E-state index in [-0.39, 0.29) is 17.7 Å². The number of hydrogen-bond donors (Lipinski definition) is 1. The second kappa shape index (κ2) is 4.52. The molecule has 16 heavy (non-hydrogen) atoms. The minimum atomic E-state index is -4.51. The zero-order valence-electron chi connectivity index (χ0n) is 8.47. The number of alkyl halides is 3. The Kier molecular flexibility index (Phi) is 3.54. The fourth-order valence-electron chi connectivity index (χ4n) is 1.21. The summed E-state index contributed by atoms with van der Waals surface area (Å²) in [6, 6.07) is 2.93. The van der Waals surface area contributed by atoms with Crippen molar-refractivity contribution in [2.75, 3.05) is 7.11 Å². The third-order valence-corrected chi connectivity index (χ3v) is 1.98. The SMILES string of the molecule is COC(=O)c1cc(CN)cc(C(F)(F)F)c1. The first-order valence-corrected chi connectivity index (χ1v) is 4.38. The van der Waals surface area contributed by atoms with Gasteiger partial charge in [-0.15, -0.1) is 0 Å². The summed E-state index contributed by atoms with van der Waals surface area (Å²) in [5.41, 5.74) is 4.42. The Morgan fingerprint density at radius 3 is 2.44 bits per heavy atom. The zero-order chi connectivity index (χ0) is 12.3. The van der Waals surface area contributed by atoms with Crippen LogP contribution in [0.1, 0.15) is 21.5 Å². The lowest BCUT2D eigenvalue weighted by Gasteiger charge is -2.10. The first-order valence-electron chi connectivity index (χ1n) is 4.38. The largest absolute Gasteiger partial charge is 0.465 e. The van der Waals surface area contributed by atoms with E-state index in [0.717, 1.165) is 19.2 Å². The average molecular weight is 233 g/mol. The number of ether oxygens (including phenoxy) is 1. The number of esters is 1. The molecule has 0 spiro atoms. The summed E-state index contributed by atoms with van der Waals surface area (Å²) in [7, 11) is 1.10. The lowest BCUT2D eigenvalue weighted by atomic mass is 10.1. The van der Waals surface area contributed by atoms with Crippen molar-refractivity contribution in [3.05, 3.63) is 34.9 Å². The smallest absolute Gasteiger partial charge is 0.416 e. The van der Waals surface area contributed by atoms with Crippen LogP contribution in [0.25, 0.3) is 0 Å². The number of benzene rings is 1. The maximum Gasteiger partial charge on any atom is 0.416 e. The number of rotatable bonds is 2. The molecule has 0 heterocycles. The third-order valence-electron chi connectivity index (χ3n) is 1.98. The molecule has 0 amide bonds. The van der Waals surface area contributed by atoms with Gasteiger partial charge in [0.1, 0.15) is 0 Å². The average Bonchev–Trinajstić information content (AvgIpc) is 2.26. The van der Waals surface area contributed by atoms with E-state index in [1.54, 1.807) is 0 Å². The first kappa shape index (κ1) is 12.5. The molecule has 3 nitrogen and oxygen atoms in total. The molecule has 0 aliphatic rings. The maximum atomic E-state index is 12.5. The van der Waals surface area contributed by atoms with Crippen molar-refractivity contribution in [1.29, 1.82) is 0 Å². The van der Waals surface area contributed by atoms with Crippen LogP contribution in [0.2, 0.25) is 0 Å². The van der Waals surface area contributed by atoms with Gasteiger partial charge in [-0.25, -0.2) is 4.79 Å². The molecule has 0 unspecified atom stereocenters. The molecule has 0 saturated heterocycles. The number of nitrogens with two attached hydrogens (primary N) is 1. The van der Waals surface area contributed by atoms with Gasteiger partial charge in [0, 0.05) is 6.54 Å². The number of halogens is 3. The molecule has 1 rings (SSSR count). The van der Waals surface area contributed by atoms with Crippen molar-refractivity contribution in [1.82, 2.24) is 0 Å². The maximum absolute atomic E-state index is 12.5. The molecule has 1 aromatic rings. The highest BCUT2D eigenvalue weighted by Crippen LogP contribution is 2.30. The molecule has 88 valence electrons. The van der Waals surface area contributed by atoms with Gasteiger partial charge in [-0.3, -0.25) is 0 Å². The van der Waals surface area contributed by atoms with E-state index in [2.05, 4.69) is 4.74 Å². The summed E-state index contributed by atoms with van der Waals surface area (Å²) in [6.07, 6.45) is -4.51. The fourth-order valence-corrected chi connectivity index (χ4v) is 1.21. The van der Waals surface area contributed by atoms with Crippen molar-refractivity contribution in [2.45, 2.75) is 12.7 Å². The zero-order valence-corrected chi connectivity index (χ0v) is 8.47. The van der Waals surface area contributed by atoms with E-state index in [1.807, 2.05) is 0 Å². The van der Waals surface area contributed by atoms with Gasteiger partial charge >= 0.3 is 12.1 Å². The van der Waals surface area contributed by atoms with Gasteiger partial charge < -0.3 is 10.5 Å². The van der Waals surface area contributed by atoms with Crippen LogP contribution in [0.5, 0.6) is 0 Å². The van der Waals surface area contributed by atoms with E-state index in [1.165, 1.54) is 6.07 Å². The molecule has 2 N–H and O–H groups in total. The minimum absolute atomic E-state index is 0.0755. The minimum Gasteiger partial charge on any atom is -0.465 e. The van der Waals surface area contributed by atoms with Crippen LogP contribution in [0, 0.1) is 0 Å². The summed E-state index contributed by atoms with van der Waals surface area (Å²) in [5, 5.41) is 0. The highest BCUT2D eigenvalue weighted by atomic mass is 19.4. The highest BCUT2D eigenvalue weighted by Gasteiger charge is 2.31. The predicted octanol–water partition coefficient (Wildman–Crippen LogP) is 1.95. The topological polar surface area (TPSA) is 52.3 Å². The summed E-state index contributed by atoms with van der Waals surface area (Å²) < 4.78 is 41.7. The standard InChI is InChI=1S/C10H10F3NO2/c1-16-9(15)7-2-6(5-14)3-8(4-7)10(11,12)13/h2-4H,5,14H2,1H3. The fraction of sp³-hybridized carbons (Fsp3) is 0.300. The lowest BCUT2D eigenvalue weighted by molar-refractivity contribution is -0.137. The lowest BCUT2D eigenvalue weighted by Crippen LogP contribution is -2.11. The molecule has 0 aliphatic heterocycles. The van der Waals surface area contributed by atoms with E-state index in [4.69, 9.17) is 5.73 Å². The Balaban J connectivity index is 3.27. The van der Waals surface area contributed by atoms with E-state index in [0.29, 0.717) is 0 Å². The Morgan fingerprint density at radius 2 is 2.00 bits per heavy atom. The molecular weight excluding hydrogens is 223 g/mol. The molecule has 0 saturated carbocycles. The highest BCUT2D eigenvalue weighted by molar-refractivity contribution is 5.89. The summed E-state index contributed by atoms with van der Waals surface area (Å²) >= 11 is 0. The van der Waals surface area contributed by atoms with Crippen LogP contribution in [0.15, 0.2) is 18.2 Å². The molecule has 0 atom stereocenters. The van der Waals surface area contributed by atoms with Crippen LogP contribution >= 0.6 is 0 Å². The van der Waals surface area contributed by atoms with E-state index >= 15 is 0 Å². The molecule has 6 heteroatoms. The van der Waals surface area contributed by atoms with E-state index < -0.39 is 17.7 Å². The van der Waals surface area contributed by atoms with E-state index in [9.17, 15) is 18.0 Å². The molecule has 0 bridgehead atoms. The van der Waals surface area contributed by atoms with Gasteiger partial charge in [-0.2, -0.15) is 13.2 Å². The van der Waals surface area contributed by atoms with Crippen LogP contribution in [-0.4, -0.2) is 13.1 Å². The van der Waals surface area contributed by atoms with Gasteiger partial charge in [-0.05, 0) is 23.8 Å². The summed E-state index contributed by atoms with van der Waals surface area (Å²) in [6.45, 7) is -0.0755. The van der Waals surface area contributed by atoms with Crippen molar-refractivity contribution in [3.63, 3.8) is 0 Å². The quantitative estimate of drug-likeness (QED) is 0.794. The van der Waals surface area contributed by atoms with Crippen LogP contribution < -0.4 is 5.73 Å².